The second-order valence-corrected chi connectivity index (χ2v) is 6.07. The van der Waals surface area contributed by atoms with Crippen LogP contribution in [-0.4, -0.2) is 24.6 Å². The monoisotopic (exact) mass is 300 g/mol. The molecule has 0 fully saturated rings. The standard InChI is InChI=1S/C18H24N2O2/c1-18(2,13-19)20-17(21)11-6-12-22-16-10-5-8-14-7-3-4-9-15(14)16/h3-5,7-10H,6,11-13,19H2,1-2H3,(H,20,21). The van der Waals surface area contributed by atoms with E-state index < -0.39 is 0 Å². The first-order valence-corrected chi connectivity index (χ1v) is 7.63. The Kier molecular flexibility index (Phi) is 5.39. The minimum atomic E-state index is -0.354. The number of benzene rings is 2. The van der Waals surface area contributed by atoms with Gasteiger partial charge in [0.15, 0.2) is 0 Å². The summed E-state index contributed by atoms with van der Waals surface area (Å²) >= 11 is 0. The molecule has 0 saturated heterocycles. The summed E-state index contributed by atoms with van der Waals surface area (Å²) in [5, 5.41) is 5.17. The van der Waals surface area contributed by atoms with E-state index in [1.165, 1.54) is 0 Å². The number of fused-ring (bicyclic) bond motifs is 1. The molecule has 0 radical (unpaired) electrons. The van der Waals surface area contributed by atoms with Crippen LogP contribution in [0, 0.1) is 0 Å². The molecular weight excluding hydrogens is 276 g/mol. The van der Waals surface area contributed by atoms with Crippen LogP contribution in [0.2, 0.25) is 0 Å². The number of hydrogen-bond donors (Lipinski definition) is 2. The summed E-state index contributed by atoms with van der Waals surface area (Å²) in [5.41, 5.74) is 5.25. The third-order valence-corrected chi connectivity index (χ3v) is 3.54. The predicted molar refractivity (Wildman–Crippen MR) is 90.0 cm³/mol. The lowest BCUT2D eigenvalue weighted by molar-refractivity contribution is -0.122. The van der Waals surface area contributed by atoms with Gasteiger partial charge in [0.25, 0.3) is 0 Å². The number of amides is 1. The van der Waals surface area contributed by atoms with Gasteiger partial charge in [-0.2, -0.15) is 0 Å². The molecule has 0 aliphatic carbocycles. The second kappa shape index (κ2) is 7.27. The van der Waals surface area contributed by atoms with Crippen LogP contribution in [0.1, 0.15) is 26.7 Å². The Labute approximate surface area is 131 Å². The zero-order chi connectivity index (χ0) is 16.0. The summed E-state index contributed by atoms with van der Waals surface area (Å²) in [6.07, 6.45) is 1.11. The minimum Gasteiger partial charge on any atom is -0.493 e. The molecule has 2 aromatic rings. The summed E-state index contributed by atoms with van der Waals surface area (Å²) in [6, 6.07) is 14.1. The Morgan fingerprint density at radius 1 is 1.18 bits per heavy atom. The minimum absolute atomic E-state index is 0.0111. The maximum atomic E-state index is 11.8. The topological polar surface area (TPSA) is 64.3 Å². The molecule has 4 heteroatoms. The molecule has 4 nitrogen and oxygen atoms in total. The molecule has 0 saturated carbocycles. The summed E-state index contributed by atoms with van der Waals surface area (Å²) in [5.74, 6) is 0.873. The van der Waals surface area contributed by atoms with Crippen molar-refractivity contribution in [3.05, 3.63) is 42.5 Å². The Morgan fingerprint density at radius 2 is 1.91 bits per heavy atom. The van der Waals surface area contributed by atoms with E-state index in [9.17, 15) is 4.79 Å². The van der Waals surface area contributed by atoms with Crippen LogP contribution in [0.5, 0.6) is 5.75 Å². The molecule has 0 heterocycles. The predicted octanol–water partition coefficient (Wildman–Crippen LogP) is 2.85. The van der Waals surface area contributed by atoms with Crippen molar-refractivity contribution in [3.8, 4) is 5.75 Å². The van der Waals surface area contributed by atoms with Crippen molar-refractivity contribution in [2.24, 2.45) is 5.73 Å². The second-order valence-electron chi connectivity index (χ2n) is 6.07. The number of carbonyl (C=O) groups is 1. The van der Waals surface area contributed by atoms with Gasteiger partial charge in [0.05, 0.1) is 6.61 Å². The smallest absolute Gasteiger partial charge is 0.220 e. The fraction of sp³-hybridized carbons (Fsp3) is 0.389. The number of hydrogen-bond acceptors (Lipinski definition) is 3. The van der Waals surface area contributed by atoms with E-state index in [0.717, 1.165) is 16.5 Å². The highest BCUT2D eigenvalue weighted by Crippen LogP contribution is 2.25. The van der Waals surface area contributed by atoms with Crippen molar-refractivity contribution >= 4 is 16.7 Å². The number of carbonyl (C=O) groups excluding carboxylic acids is 1. The van der Waals surface area contributed by atoms with Crippen LogP contribution in [-0.2, 0) is 4.79 Å². The molecule has 0 bridgehead atoms. The van der Waals surface area contributed by atoms with Gasteiger partial charge in [-0.3, -0.25) is 4.79 Å². The molecule has 0 aliphatic rings. The fourth-order valence-corrected chi connectivity index (χ4v) is 2.23. The Bertz CT molecular complexity index is 633. The summed E-state index contributed by atoms with van der Waals surface area (Å²) < 4.78 is 5.82. The summed E-state index contributed by atoms with van der Waals surface area (Å²) in [6.45, 7) is 4.77. The first kappa shape index (κ1) is 16.3. The van der Waals surface area contributed by atoms with Crippen molar-refractivity contribution in [2.45, 2.75) is 32.2 Å². The molecule has 0 unspecified atom stereocenters. The van der Waals surface area contributed by atoms with Gasteiger partial charge in [-0.15, -0.1) is 0 Å². The van der Waals surface area contributed by atoms with Crippen LogP contribution >= 0.6 is 0 Å². The average molecular weight is 300 g/mol. The van der Waals surface area contributed by atoms with E-state index in [4.69, 9.17) is 10.5 Å². The molecule has 3 N–H and O–H groups in total. The van der Waals surface area contributed by atoms with Crippen molar-refractivity contribution in [3.63, 3.8) is 0 Å². The van der Waals surface area contributed by atoms with Gasteiger partial charge in [-0.25, -0.2) is 0 Å². The first-order chi connectivity index (χ1) is 10.5. The molecular formula is C18H24N2O2. The van der Waals surface area contributed by atoms with Crippen molar-refractivity contribution in [1.29, 1.82) is 0 Å². The van der Waals surface area contributed by atoms with Crippen LogP contribution in [0.3, 0.4) is 0 Å². The van der Waals surface area contributed by atoms with Gasteiger partial charge >= 0.3 is 0 Å². The average Bonchev–Trinajstić information content (AvgIpc) is 2.51. The third kappa shape index (κ3) is 4.46. The number of nitrogens with one attached hydrogen (secondary N) is 1. The lowest BCUT2D eigenvalue weighted by atomic mass is 10.1. The maximum Gasteiger partial charge on any atom is 0.220 e. The van der Waals surface area contributed by atoms with Gasteiger partial charge in [-0.05, 0) is 31.7 Å². The summed E-state index contributed by atoms with van der Waals surface area (Å²) in [4.78, 5) is 11.8. The molecule has 0 aliphatic heterocycles. The van der Waals surface area contributed by atoms with Crippen LogP contribution < -0.4 is 15.8 Å². The molecule has 2 aromatic carbocycles. The zero-order valence-electron chi connectivity index (χ0n) is 13.3. The molecule has 118 valence electrons. The van der Waals surface area contributed by atoms with Crippen molar-refractivity contribution in [2.75, 3.05) is 13.2 Å². The highest BCUT2D eigenvalue weighted by Gasteiger charge is 2.17. The van der Waals surface area contributed by atoms with Gasteiger partial charge in [0.1, 0.15) is 5.75 Å². The lowest BCUT2D eigenvalue weighted by Crippen LogP contribution is -2.48. The molecule has 1 amide bonds. The molecule has 2 rings (SSSR count). The zero-order valence-corrected chi connectivity index (χ0v) is 13.3. The number of rotatable bonds is 7. The molecule has 0 spiro atoms. The van der Waals surface area contributed by atoms with Gasteiger partial charge in [0, 0.05) is 23.9 Å². The number of ether oxygens (including phenoxy) is 1. The fourth-order valence-electron chi connectivity index (χ4n) is 2.23. The maximum absolute atomic E-state index is 11.8. The molecule has 0 aromatic heterocycles. The van der Waals surface area contributed by atoms with Gasteiger partial charge in [-0.1, -0.05) is 36.4 Å². The quantitative estimate of drug-likeness (QED) is 0.773. The number of nitrogens with two attached hydrogens (primary N) is 1. The van der Waals surface area contributed by atoms with Gasteiger partial charge < -0.3 is 15.8 Å². The Morgan fingerprint density at radius 3 is 2.68 bits per heavy atom. The van der Waals surface area contributed by atoms with E-state index in [1.54, 1.807) is 0 Å². The van der Waals surface area contributed by atoms with Crippen LogP contribution in [0.4, 0.5) is 0 Å². The van der Waals surface area contributed by atoms with E-state index in [0.29, 0.717) is 26.0 Å². The highest BCUT2D eigenvalue weighted by atomic mass is 16.5. The third-order valence-electron chi connectivity index (χ3n) is 3.54. The van der Waals surface area contributed by atoms with E-state index >= 15 is 0 Å². The largest absolute Gasteiger partial charge is 0.493 e. The van der Waals surface area contributed by atoms with Crippen molar-refractivity contribution in [1.82, 2.24) is 5.32 Å². The van der Waals surface area contributed by atoms with Crippen LogP contribution in [0.25, 0.3) is 10.8 Å². The molecule has 22 heavy (non-hydrogen) atoms. The highest BCUT2D eigenvalue weighted by molar-refractivity contribution is 5.88. The molecule has 0 atom stereocenters. The van der Waals surface area contributed by atoms with Crippen molar-refractivity contribution < 1.29 is 9.53 Å². The van der Waals surface area contributed by atoms with E-state index in [-0.39, 0.29) is 11.4 Å². The summed E-state index contributed by atoms with van der Waals surface area (Å²) in [7, 11) is 0. The normalized spacial score (nSPS) is 11.4. The SMILES string of the molecule is CC(C)(CN)NC(=O)CCCOc1cccc2ccccc12. The van der Waals surface area contributed by atoms with Crippen LogP contribution in [0.15, 0.2) is 42.5 Å². The Balaban J connectivity index is 1.82. The Hall–Kier alpha value is -2.07. The van der Waals surface area contributed by atoms with E-state index in [2.05, 4.69) is 17.4 Å². The lowest BCUT2D eigenvalue weighted by Gasteiger charge is -2.24. The van der Waals surface area contributed by atoms with Gasteiger partial charge in [0.2, 0.25) is 5.91 Å². The van der Waals surface area contributed by atoms with E-state index in [1.807, 2.05) is 44.2 Å². The first-order valence-electron chi connectivity index (χ1n) is 7.63.